The van der Waals surface area contributed by atoms with E-state index in [0.29, 0.717) is 6.54 Å². The number of amides is 1. The molecule has 1 fully saturated rings. The highest BCUT2D eigenvalue weighted by atomic mass is 19.1. The lowest BCUT2D eigenvalue weighted by molar-refractivity contribution is 0.0912. The lowest BCUT2D eigenvalue weighted by Crippen LogP contribution is -2.37. The van der Waals surface area contributed by atoms with Gasteiger partial charge >= 0.3 is 0 Å². The second kappa shape index (κ2) is 5.59. The number of phenols is 1. The van der Waals surface area contributed by atoms with Crippen molar-refractivity contribution in [2.45, 2.75) is 39.0 Å². The van der Waals surface area contributed by atoms with Crippen molar-refractivity contribution in [3.8, 4) is 5.75 Å². The Kier molecular flexibility index (Phi) is 4.08. The van der Waals surface area contributed by atoms with Gasteiger partial charge in [0.1, 0.15) is 17.1 Å². The van der Waals surface area contributed by atoms with E-state index in [1.54, 1.807) is 0 Å². The molecule has 1 aliphatic carbocycles. The largest absolute Gasteiger partial charge is 0.507 e. The first-order chi connectivity index (χ1) is 9.02. The number of nitrogens with one attached hydrogen (secondary N) is 1. The van der Waals surface area contributed by atoms with Gasteiger partial charge in [0.05, 0.1) is 0 Å². The van der Waals surface area contributed by atoms with Crippen LogP contribution in [0.2, 0.25) is 0 Å². The minimum Gasteiger partial charge on any atom is -0.507 e. The maximum atomic E-state index is 13.5. The fraction of sp³-hybridized carbons (Fsp3) is 0.533. The third kappa shape index (κ3) is 3.25. The van der Waals surface area contributed by atoms with Crippen LogP contribution in [0, 0.1) is 11.2 Å². The Morgan fingerprint density at radius 1 is 1.37 bits per heavy atom. The molecule has 4 heteroatoms. The molecular formula is C15H20FNO2. The Labute approximate surface area is 112 Å². The Morgan fingerprint density at radius 3 is 2.68 bits per heavy atom. The van der Waals surface area contributed by atoms with Gasteiger partial charge in [-0.1, -0.05) is 32.3 Å². The molecule has 2 rings (SSSR count). The first-order valence-corrected chi connectivity index (χ1v) is 6.77. The number of hydrogen-bond donors (Lipinski definition) is 2. The average Bonchev–Trinajstić information content (AvgIpc) is 2.37. The van der Waals surface area contributed by atoms with Crippen LogP contribution in [0.4, 0.5) is 4.39 Å². The minimum absolute atomic E-state index is 0.0920. The molecule has 1 amide bonds. The maximum absolute atomic E-state index is 13.5. The minimum atomic E-state index is -0.689. The fourth-order valence-corrected chi connectivity index (χ4v) is 2.70. The molecule has 0 aliphatic heterocycles. The normalized spacial score (nSPS) is 18.0. The first-order valence-electron chi connectivity index (χ1n) is 6.77. The number of hydrogen-bond acceptors (Lipinski definition) is 2. The second-order valence-electron chi connectivity index (χ2n) is 5.69. The van der Waals surface area contributed by atoms with E-state index in [0.717, 1.165) is 12.8 Å². The molecule has 0 unspecified atom stereocenters. The Bertz CT molecular complexity index is 447. The van der Waals surface area contributed by atoms with E-state index in [1.165, 1.54) is 37.5 Å². The highest BCUT2D eigenvalue weighted by Gasteiger charge is 2.28. The standard InChI is InChI=1S/C15H20FNO2/c1-15(8-3-2-4-9-15)10-17-14(19)13-11(16)6-5-7-12(13)18/h5-7,18H,2-4,8-10H2,1H3,(H,17,19). The Hall–Kier alpha value is -1.58. The summed E-state index contributed by atoms with van der Waals surface area (Å²) in [4.78, 5) is 12.0. The maximum Gasteiger partial charge on any atom is 0.258 e. The van der Waals surface area contributed by atoms with Gasteiger partial charge in [-0.25, -0.2) is 4.39 Å². The van der Waals surface area contributed by atoms with Gasteiger partial charge in [0.25, 0.3) is 5.91 Å². The monoisotopic (exact) mass is 265 g/mol. The number of carbonyl (C=O) groups is 1. The summed E-state index contributed by atoms with van der Waals surface area (Å²) >= 11 is 0. The van der Waals surface area contributed by atoms with Gasteiger partial charge in [-0.3, -0.25) is 4.79 Å². The molecule has 0 bridgehead atoms. The van der Waals surface area contributed by atoms with Gasteiger partial charge < -0.3 is 10.4 Å². The SMILES string of the molecule is CC1(CNC(=O)c2c(O)cccc2F)CCCCC1. The van der Waals surface area contributed by atoms with Gasteiger partial charge in [0, 0.05) is 6.54 Å². The summed E-state index contributed by atoms with van der Waals surface area (Å²) in [6.07, 6.45) is 5.76. The third-order valence-corrected chi connectivity index (χ3v) is 3.96. The molecule has 3 nitrogen and oxygen atoms in total. The van der Waals surface area contributed by atoms with Crippen molar-refractivity contribution in [1.29, 1.82) is 0 Å². The van der Waals surface area contributed by atoms with Crippen molar-refractivity contribution in [2.75, 3.05) is 6.54 Å². The van der Waals surface area contributed by atoms with Crippen molar-refractivity contribution in [3.05, 3.63) is 29.6 Å². The van der Waals surface area contributed by atoms with E-state index >= 15 is 0 Å². The number of benzene rings is 1. The van der Waals surface area contributed by atoms with Crippen molar-refractivity contribution in [2.24, 2.45) is 5.41 Å². The van der Waals surface area contributed by atoms with Gasteiger partial charge in [0.2, 0.25) is 0 Å². The summed E-state index contributed by atoms with van der Waals surface area (Å²) in [6.45, 7) is 2.67. The van der Waals surface area contributed by atoms with Crippen molar-refractivity contribution in [3.63, 3.8) is 0 Å². The average molecular weight is 265 g/mol. The molecule has 1 aliphatic rings. The summed E-state index contributed by atoms with van der Waals surface area (Å²) in [7, 11) is 0. The molecule has 1 saturated carbocycles. The molecular weight excluding hydrogens is 245 g/mol. The summed E-state index contributed by atoms with van der Waals surface area (Å²) in [5, 5.41) is 12.3. The molecule has 104 valence electrons. The predicted molar refractivity (Wildman–Crippen MR) is 71.6 cm³/mol. The molecule has 0 heterocycles. The number of rotatable bonds is 3. The predicted octanol–water partition coefficient (Wildman–Crippen LogP) is 3.23. The van der Waals surface area contributed by atoms with Gasteiger partial charge in [0.15, 0.2) is 0 Å². The molecule has 0 saturated heterocycles. The fourth-order valence-electron chi connectivity index (χ4n) is 2.70. The number of aromatic hydroxyl groups is 1. The zero-order chi connectivity index (χ0) is 13.9. The highest BCUT2D eigenvalue weighted by molar-refractivity contribution is 5.97. The lowest BCUT2D eigenvalue weighted by atomic mass is 9.76. The van der Waals surface area contributed by atoms with E-state index in [9.17, 15) is 14.3 Å². The summed E-state index contributed by atoms with van der Waals surface area (Å²) in [6, 6.07) is 3.88. The van der Waals surface area contributed by atoms with Crippen LogP contribution in [0.1, 0.15) is 49.4 Å². The van der Waals surface area contributed by atoms with E-state index in [1.807, 2.05) is 0 Å². The first kappa shape index (κ1) is 13.8. The van der Waals surface area contributed by atoms with Crippen LogP contribution in [0.3, 0.4) is 0 Å². The molecule has 0 spiro atoms. The third-order valence-electron chi connectivity index (χ3n) is 3.96. The van der Waals surface area contributed by atoms with Crippen molar-refractivity contribution >= 4 is 5.91 Å². The molecule has 1 aromatic rings. The van der Waals surface area contributed by atoms with Gasteiger partial charge in [-0.15, -0.1) is 0 Å². The van der Waals surface area contributed by atoms with Crippen LogP contribution in [-0.2, 0) is 0 Å². The summed E-state index contributed by atoms with van der Waals surface area (Å²) in [5.74, 6) is -1.54. The molecule has 0 aromatic heterocycles. The van der Waals surface area contributed by atoms with Crippen LogP contribution in [-0.4, -0.2) is 17.6 Å². The van der Waals surface area contributed by atoms with Crippen LogP contribution in [0.25, 0.3) is 0 Å². The lowest BCUT2D eigenvalue weighted by Gasteiger charge is -2.33. The second-order valence-corrected chi connectivity index (χ2v) is 5.69. The van der Waals surface area contributed by atoms with Crippen LogP contribution in [0.15, 0.2) is 18.2 Å². The molecule has 19 heavy (non-hydrogen) atoms. The molecule has 1 aromatic carbocycles. The zero-order valence-corrected chi connectivity index (χ0v) is 11.2. The molecule has 2 N–H and O–H groups in total. The Morgan fingerprint density at radius 2 is 2.05 bits per heavy atom. The van der Waals surface area contributed by atoms with E-state index in [4.69, 9.17) is 0 Å². The number of carbonyl (C=O) groups excluding carboxylic acids is 1. The van der Waals surface area contributed by atoms with Gasteiger partial charge in [-0.05, 0) is 30.4 Å². The number of halogens is 1. The van der Waals surface area contributed by atoms with Crippen LogP contribution < -0.4 is 5.32 Å². The smallest absolute Gasteiger partial charge is 0.258 e. The Balaban J connectivity index is 2.01. The molecule has 0 radical (unpaired) electrons. The van der Waals surface area contributed by atoms with Crippen LogP contribution in [0.5, 0.6) is 5.75 Å². The van der Waals surface area contributed by atoms with Crippen LogP contribution >= 0.6 is 0 Å². The zero-order valence-electron chi connectivity index (χ0n) is 11.2. The summed E-state index contributed by atoms with van der Waals surface area (Å²) in [5.41, 5.74) is -0.170. The topological polar surface area (TPSA) is 49.3 Å². The summed E-state index contributed by atoms with van der Waals surface area (Å²) < 4.78 is 13.5. The van der Waals surface area contributed by atoms with E-state index in [-0.39, 0.29) is 16.7 Å². The highest BCUT2D eigenvalue weighted by Crippen LogP contribution is 2.35. The quantitative estimate of drug-likeness (QED) is 0.881. The van der Waals surface area contributed by atoms with E-state index < -0.39 is 11.7 Å². The van der Waals surface area contributed by atoms with Crippen molar-refractivity contribution < 1.29 is 14.3 Å². The molecule has 0 atom stereocenters. The number of phenolic OH excluding ortho intramolecular Hbond substituents is 1. The van der Waals surface area contributed by atoms with Gasteiger partial charge in [-0.2, -0.15) is 0 Å². The van der Waals surface area contributed by atoms with Crippen molar-refractivity contribution in [1.82, 2.24) is 5.32 Å². The van der Waals surface area contributed by atoms with E-state index in [2.05, 4.69) is 12.2 Å².